The van der Waals surface area contributed by atoms with Crippen LogP contribution in [0.15, 0.2) is 40.2 Å². The Morgan fingerprint density at radius 2 is 1.84 bits per heavy atom. The van der Waals surface area contributed by atoms with Gasteiger partial charge >= 0.3 is 0 Å². The molecular formula is C17H17BrClN3O2S. The van der Waals surface area contributed by atoms with Crippen LogP contribution in [0.4, 0.5) is 5.69 Å². The SMILES string of the molecule is O=C(CN1CCN(C(=O)c2ccc(Br)s2)CC1)Nc1ccccc1Cl. The fourth-order valence-electron chi connectivity index (χ4n) is 2.65. The van der Waals surface area contributed by atoms with Gasteiger partial charge in [0.1, 0.15) is 0 Å². The van der Waals surface area contributed by atoms with E-state index in [4.69, 9.17) is 11.6 Å². The number of nitrogens with one attached hydrogen (secondary N) is 1. The number of anilines is 1. The molecule has 0 aliphatic carbocycles. The molecule has 1 aromatic heterocycles. The molecule has 1 aromatic carbocycles. The van der Waals surface area contributed by atoms with Crippen molar-refractivity contribution < 1.29 is 9.59 Å². The molecule has 3 rings (SSSR count). The summed E-state index contributed by atoms with van der Waals surface area (Å²) in [4.78, 5) is 29.2. The molecule has 0 radical (unpaired) electrons. The number of piperazine rings is 1. The molecule has 0 bridgehead atoms. The van der Waals surface area contributed by atoms with Crippen LogP contribution in [-0.2, 0) is 4.79 Å². The zero-order chi connectivity index (χ0) is 17.8. The van der Waals surface area contributed by atoms with Gasteiger partial charge in [-0.15, -0.1) is 11.3 Å². The van der Waals surface area contributed by atoms with Gasteiger partial charge in [-0.2, -0.15) is 0 Å². The van der Waals surface area contributed by atoms with Gasteiger partial charge in [-0.25, -0.2) is 0 Å². The Morgan fingerprint density at radius 1 is 1.12 bits per heavy atom. The number of carbonyl (C=O) groups is 2. The summed E-state index contributed by atoms with van der Waals surface area (Å²) < 4.78 is 0.950. The average Bonchev–Trinajstić information content (AvgIpc) is 3.03. The van der Waals surface area contributed by atoms with Gasteiger partial charge in [-0.05, 0) is 40.2 Å². The topological polar surface area (TPSA) is 52.7 Å². The highest BCUT2D eigenvalue weighted by Gasteiger charge is 2.24. The Kier molecular flexibility index (Phi) is 6.11. The van der Waals surface area contributed by atoms with Crippen molar-refractivity contribution in [1.82, 2.24) is 9.80 Å². The Hall–Kier alpha value is -1.41. The van der Waals surface area contributed by atoms with Crippen molar-refractivity contribution in [2.75, 3.05) is 38.0 Å². The van der Waals surface area contributed by atoms with Crippen LogP contribution in [0, 0.1) is 0 Å². The van der Waals surface area contributed by atoms with E-state index in [1.165, 1.54) is 11.3 Å². The number of amides is 2. The van der Waals surface area contributed by atoms with Crippen LogP contribution in [0.3, 0.4) is 0 Å². The standard InChI is InChI=1S/C17H17BrClN3O2S/c18-15-6-5-14(25-15)17(24)22-9-7-21(8-10-22)11-16(23)20-13-4-2-1-3-12(13)19/h1-6H,7-11H2,(H,20,23). The molecule has 8 heteroatoms. The van der Waals surface area contributed by atoms with Crippen molar-refractivity contribution in [2.24, 2.45) is 0 Å². The van der Waals surface area contributed by atoms with E-state index in [-0.39, 0.29) is 18.4 Å². The third-order valence-electron chi connectivity index (χ3n) is 3.96. The van der Waals surface area contributed by atoms with Crippen molar-refractivity contribution in [3.8, 4) is 0 Å². The number of carbonyl (C=O) groups excluding carboxylic acids is 2. The molecule has 1 aliphatic rings. The van der Waals surface area contributed by atoms with E-state index in [2.05, 4.69) is 21.2 Å². The number of rotatable bonds is 4. The summed E-state index contributed by atoms with van der Waals surface area (Å²) in [5.41, 5.74) is 0.617. The number of para-hydroxylation sites is 1. The van der Waals surface area contributed by atoms with E-state index in [0.29, 0.717) is 36.9 Å². The highest BCUT2D eigenvalue weighted by Crippen LogP contribution is 2.24. The lowest BCUT2D eigenvalue weighted by Gasteiger charge is -2.34. The lowest BCUT2D eigenvalue weighted by atomic mass is 10.2. The summed E-state index contributed by atoms with van der Waals surface area (Å²) in [6, 6.07) is 10.9. The molecular weight excluding hydrogens is 426 g/mol. The zero-order valence-electron chi connectivity index (χ0n) is 13.4. The summed E-state index contributed by atoms with van der Waals surface area (Å²) in [5, 5.41) is 3.35. The van der Waals surface area contributed by atoms with Crippen molar-refractivity contribution in [3.05, 3.63) is 50.1 Å². The van der Waals surface area contributed by atoms with Crippen LogP contribution in [0.25, 0.3) is 0 Å². The normalized spacial score (nSPS) is 15.2. The van der Waals surface area contributed by atoms with Gasteiger partial charge < -0.3 is 10.2 Å². The van der Waals surface area contributed by atoms with E-state index in [1.54, 1.807) is 12.1 Å². The summed E-state index contributed by atoms with van der Waals surface area (Å²) in [6.45, 7) is 2.88. The van der Waals surface area contributed by atoms with Gasteiger partial charge in [0.15, 0.2) is 0 Å². The van der Waals surface area contributed by atoms with E-state index >= 15 is 0 Å². The van der Waals surface area contributed by atoms with Gasteiger partial charge in [-0.1, -0.05) is 23.7 Å². The minimum Gasteiger partial charge on any atom is -0.335 e. The fourth-order valence-corrected chi connectivity index (χ4v) is 4.19. The molecule has 2 heterocycles. The first-order chi connectivity index (χ1) is 12.0. The Morgan fingerprint density at radius 3 is 2.48 bits per heavy atom. The first-order valence-electron chi connectivity index (χ1n) is 7.84. The zero-order valence-corrected chi connectivity index (χ0v) is 16.5. The van der Waals surface area contributed by atoms with Crippen molar-refractivity contribution in [1.29, 1.82) is 0 Å². The summed E-state index contributed by atoms with van der Waals surface area (Å²) in [5.74, 6) is -0.0501. The molecule has 0 atom stereocenters. The van der Waals surface area contributed by atoms with E-state index in [0.717, 1.165) is 8.66 Å². The van der Waals surface area contributed by atoms with E-state index < -0.39 is 0 Å². The summed E-state index contributed by atoms with van der Waals surface area (Å²) >= 11 is 10.9. The van der Waals surface area contributed by atoms with Crippen molar-refractivity contribution in [3.63, 3.8) is 0 Å². The second-order valence-electron chi connectivity index (χ2n) is 5.70. The van der Waals surface area contributed by atoms with Crippen LogP contribution in [-0.4, -0.2) is 54.3 Å². The number of hydrogen-bond donors (Lipinski definition) is 1. The van der Waals surface area contributed by atoms with Crippen LogP contribution in [0.2, 0.25) is 5.02 Å². The Bertz CT molecular complexity index is 775. The maximum atomic E-state index is 12.4. The Balaban J connectivity index is 1.48. The van der Waals surface area contributed by atoms with Crippen LogP contribution >= 0.6 is 38.9 Å². The van der Waals surface area contributed by atoms with Crippen molar-refractivity contribution in [2.45, 2.75) is 0 Å². The van der Waals surface area contributed by atoms with E-state index in [1.807, 2.05) is 34.1 Å². The molecule has 5 nitrogen and oxygen atoms in total. The van der Waals surface area contributed by atoms with E-state index in [9.17, 15) is 9.59 Å². The lowest BCUT2D eigenvalue weighted by molar-refractivity contribution is -0.117. The molecule has 1 N–H and O–H groups in total. The highest BCUT2D eigenvalue weighted by molar-refractivity contribution is 9.11. The second-order valence-corrected chi connectivity index (χ2v) is 8.57. The number of nitrogens with zero attached hydrogens (tertiary/aromatic N) is 2. The minimum atomic E-state index is -0.102. The van der Waals surface area contributed by atoms with Gasteiger partial charge in [0.2, 0.25) is 5.91 Å². The maximum absolute atomic E-state index is 12.4. The summed E-state index contributed by atoms with van der Waals surface area (Å²) in [6.07, 6.45) is 0. The molecule has 0 unspecified atom stereocenters. The smallest absolute Gasteiger partial charge is 0.264 e. The number of halogens is 2. The fraction of sp³-hybridized carbons (Fsp3) is 0.294. The van der Waals surface area contributed by atoms with Gasteiger partial charge in [0.25, 0.3) is 5.91 Å². The quantitative estimate of drug-likeness (QED) is 0.788. The monoisotopic (exact) mass is 441 g/mol. The molecule has 2 amide bonds. The number of benzene rings is 1. The van der Waals surface area contributed by atoms with Gasteiger partial charge in [0.05, 0.1) is 25.9 Å². The molecule has 1 fully saturated rings. The summed E-state index contributed by atoms with van der Waals surface area (Å²) in [7, 11) is 0. The predicted octanol–water partition coefficient (Wildman–Crippen LogP) is 3.56. The molecule has 1 saturated heterocycles. The molecule has 25 heavy (non-hydrogen) atoms. The Labute approximate surface area is 163 Å². The third-order valence-corrected chi connectivity index (χ3v) is 5.90. The van der Waals surface area contributed by atoms with Crippen LogP contribution in [0.1, 0.15) is 9.67 Å². The first kappa shape index (κ1) is 18.4. The van der Waals surface area contributed by atoms with Crippen LogP contribution < -0.4 is 5.32 Å². The first-order valence-corrected chi connectivity index (χ1v) is 9.83. The van der Waals surface area contributed by atoms with Crippen molar-refractivity contribution >= 4 is 56.4 Å². The lowest BCUT2D eigenvalue weighted by Crippen LogP contribution is -2.50. The van der Waals surface area contributed by atoms with Gasteiger partial charge in [-0.3, -0.25) is 14.5 Å². The minimum absolute atomic E-state index is 0.0517. The largest absolute Gasteiger partial charge is 0.335 e. The second kappa shape index (κ2) is 8.31. The maximum Gasteiger partial charge on any atom is 0.264 e. The van der Waals surface area contributed by atoms with Crippen LogP contribution in [0.5, 0.6) is 0 Å². The molecule has 0 saturated carbocycles. The molecule has 0 spiro atoms. The highest BCUT2D eigenvalue weighted by atomic mass is 79.9. The number of thiophene rings is 1. The van der Waals surface area contributed by atoms with Gasteiger partial charge in [0, 0.05) is 26.2 Å². The molecule has 2 aromatic rings. The third kappa shape index (κ3) is 4.82. The average molecular weight is 443 g/mol. The number of hydrogen-bond acceptors (Lipinski definition) is 4. The predicted molar refractivity (Wildman–Crippen MR) is 104 cm³/mol. The molecule has 132 valence electrons. The molecule has 1 aliphatic heterocycles.